The number of rotatable bonds is 6. The smallest absolute Gasteiger partial charge is 0.339 e. The van der Waals surface area contributed by atoms with Gasteiger partial charge in [-0.2, -0.15) is 8.42 Å². The summed E-state index contributed by atoms with van der Waals surface area (Å²) in [7, 11) is -4.06. The lowest BCUT2D eigenvalue weighted by atomic mass is 10.2. The summed E-state index contributed by atoms with van der Waals surface area (Å²) >= 11 is 11.9. The highest BCUT2D eigenvalue weighted by Crippen LogP contribution is 2.33. The fourth-order valence-electron chi connectivity index (χ4n) is 2.29. The van der Waals surface area contributed by atoms with Gasteiger partial charge in [0.25, 0.3) is 5.91 Å². The van der Waals surface area contributed by atoms with Crippen LogP contribution in [-0.2, 0) is 14.9 Å². The maximum absolute atomic E-state index is 12.5. The maximum Gasteiger partial charge on any atom is 0.339 e. The fourth-order valence-corrected chi connectivity index (χ4v) is 4.40. The van der Waals surface area contributed by atoms with Gasteiger partial charge in [0.05, 0.1) is 11.5 Å². The summed E-state index contributed by atoms with van der Waals surface area (Å²) in [5, 5.41) is 2.95. The summed E-state index contributed by atoms with van der Waals surface area (Å²) in [5.41, 5.74) is 0.641. The number of hydrogen-bond acceptors (Lipinski definition) is 7. The van der Waals surface area contributed by atoms with Crippen molar-refractivity contribution in [2.24, 2.45) is 0 Å². The standard InChI is InChI=1S/C18H14ClNO5S3/c1-2-24-15-9-11(10-16-17(21)20-18(26)27-16)3-8-14(15)25-28(22,23)13-6-4-12(19)5-7-13/h3-10H,2H2,1H3,(H,20,21,26)/b16-10+. The molecule has 0 atom stereocenters. The highest BCUT2D eigenvalue weighted by molar-refractivity contribution is 8.26. The van der Waals surface area contributed by atoms with E-state index in [1.807, 2.05) is 0 Å². The quantitative estimate of drug-likeness (QED) is 0.400. The second-order valence-electron chi connectivity index (χ2n) is 5.48. The van der Waals surface area contributed by atoms with Crippen LogP contribution >= 0.6 is 35.6 Å². The molecule has 0 bridgehead atoms. The number of hydrogen-bond donors (Lipinski definition) is 1. The van der Waals surface area contributed by atoms with Gasteiger partial charge in [0.15, 0.2) is 11.5 Å². The molecule has 146 valence electrons. The predicted molar refractivity (Wildman–Crippen MR) is 113 cm³/mol. The number of thiocarbonyl (C=S) groups is 1. The Morgan fingerprint density at radius 1 is 1.18 bits per heavy atom. The van der Waals surface area contributed by atoms with Crippen molar-refractivity contribution in [3.05, 3.63) is 58.0 Å². The Hall–Kier alpha value is -2.07. The molecule has 1 fully saturated rings. The number of benzene rings is 2. The first-order valence-corrected chi connectivity index (χ1v) is 11.0. The first kappa shape index (κ1) is 20.7. The minimum absolute atomic E-state index is 0.0296. The van der Waals surface area contributed by atoms with E-state index >= 15 is 0 Å². The van der Waals surface area contributed by atoms with E-state index in [1.165, 1.54) is 30.3 Å². The summed E-state index contributed by atoms with van der Waals surface area (Å²) in [4.78, 5) is 12.2. The van der Waals surface area contributed by atoms with Crippen molar-refractivity contribution in [1.82, 2.24) is 5.32 Å². The molecular formula is C18H14ClNO5S3. The zero-order valence-electron chi connectivity index (χ0n) is 14.5. The maximum atomic E-state index is 12.5. The summed E-state index contributed by atoms with van der Waals surface area (Å²) in [6.07, 6.45) is 1.64. The summed E-state index contributed by atoms with van der Waals surface area (Å²) in [6, 6.07) is 10.3. The largest absolute Gasteiger partial charge is 0.490 e. The van der Waals surface area contributed by atoms with E-state index in [2.05, 4.69) is 5.32 Å². The van der Waals surface area contributed by atoms with E-state index in [0.717, 1.165) is 11.8 Å². The van der Waals surface area contributed by atoms with Crippen LogP contribution in [0.15, 0.2) is 52.3 Å². The van der Waals surface area contributed by atoms with Crippen molar-refractivity contribution in [1.29, 1.82) is 0 Å². The van der Waals surface area contributed by atoms with Crippen LogP contribution in [0.25, 0.3) is 6.08 Å². The van der Waals surface area contributed by atoms with Gasteiger partial charge in [-0.3, -0.25) is 4.79 Å². The van der Waals surface area contributed by atoms with E-state index in [0.29, 0.717) is 26.4 Å². The molecule has 2 aromatic rings. The van der Waals surface area contributed by atoms with E-state index < -0.39 is 10.1 Å². The molecule has 1 N–H and O–H groups in total. The van der Waals surface area contributed by atoms with Gasteiger partial charge in [0.2, 0.25) is 0 Å². The van der Waals surface area contributed by atoms with Crippen LogP contribution in [-0.4, -0.2) is 25.3 Å². The first-order chi connectivity index (χ1) is 13.3. The SMILES string of the molecule is CCOc1cc(/C=C2/SC(=S)NC2=O)ccc1OS(=O)(=O)c1ccc(Cl)cc1. The zero-order valence-corrected chi connectivity index (χ0v) is 17.7. The molecule has 0 spiro atoms. The molecular weight excluding hydrogens is 442 g/mol. The summed E-state index contributed by atoms with van der Waals surface area (Å²) in [5.74, 6) is -0.00281. The average Bonchev–Trinajstić information content (AvgIpc) is 2.95. The summed E-state index contributed by atoms with van der Waals surface area (Å²) in [6.45, 7) is 2.07. The Kier molecular flexibility index (Phi) is 6.29. The van der Waals surface area contributed by atoms with Crippen molar-refractivity contribution in [3.63, 3.8) is 0 Å². The van der Waals surface area contributed by atoms with Crippen molar-refractivity contribution in [3.8, 4) is 11.5 Å². The van der Waals surface area contributed by atoms with Crippen LogP contribution in [0, 0.1) is 0 Å². The number of ether oxygens (including phenoxy) is 1. The van der Waals surface area contributed by atoms with Crippen LogP contribution in [0.1, 0.15) is 12.5 Å². The van der Waals surface area contributed by atoms with Crippen LogP contribution < -0.4 is 14.2 Å². The molecule has 0 aliphatic carbocycles. The summed E-state index contributed by atoms with van der Waals surface area (Å²) < 4.78 is 36.2. The lowest BCUT2D eigenvalue weighted by Gasteiger charge is -2.12. The average molecular weight is 456 g/mol. The van der Waals surface area contributed by atoms with Crippen molar-refractivity contribution in [2.45, 2.75) is 11.8 Å². The minimum Gasteiger partial charge on any atom is -0.490 e. The number of carbonyl (C=O) groups is 1. The molecule has 3 rings (SSSR count). The lowest BCUT2D eigenvalue weighted by molar-refractivity contribution is -0.115. The Morgan fingerprint density at radius 3 is 2.50 bits per heavy atom. The third-order valence-electron chi connectivity index (χ3n) is 3.51. The molecule has 2 aromatic carbocycles. The molecule has 0 unspecified atom stereocenters. The third-order valence-corrected chi connectivity index (χ3v) is 6.17. The van der Waals surface area contributed by atoms with Gasteiger partial charge in [0, 0.05) is 5.02 Å². The van der Waals surface area contributed by atoms with Crippen molar-refractivity contribution in [2.75, 3.05) is 6.61 Å². The van der Waals surface area contributed by atoms with Gasteiger partial charge in [-0.1, -0.05) is 41.6 Å². The number of carbonyl (C=O) groups excluding carboxylic acids is 1. The second kappa shape index (κ2) is 8.52. The second-order valence-corrected chi connectivity index (χ2v) is 9.18. The van der Waals surface area contributed by atoms with E-state index in [-0.39, 0.29) is 22.3 Å². The minimum atomic E-state index is -4.06. The van der Waals surface area contributed by atoms with Gasteiger partial charge in [0.1, 0.15) is 9.22 Å². The number of nitrogens with one attached hydrogen (secondary N) is 1. The van der Waals surface area contributed by atoms with Gasteiger partial charge in [-0.25, -0.2) is 0 Å². The highest BCUT2D eigenvalue weighted by Gasteiger charge is 2.23. The topological polar surface area (TPSA) is 81.7 Å². The first-order valence-electron chi connectivity index (χ1n) is 8.00. The number of thioether (sulfide) groups is 1. The van der Waals surface area contributed by atoms with E-state index in [1.54, 1.807) is 25.1 Å². The Morgan fingerprint density at radius 2 is 1.89 bits per heavy atom. The predicted octanol–water partition coefficient (Wildman–Crippen LogP) is 4.00. The van der Waals surface area contributed by atoms with Gasteiger partial charge in [-0.05, 0) is 55.0 Å². The number of halogens is 1. The lowest BCUT2D eigenvalue weighted by Crippen LogP contribution is -2.17. The molecule has 1 aliphatic rings. The number of amides is 1. The van der Waals surface area contributed by atoms with Crippen LogP contribution in [0.2, 0.25) is 5.02 Å². The normalized spacial score (nSPS) is 15.6. The third kappa shape index (κ3) is 4.85. The zero-order chi connectivity index (χ0) is 20.3. The van der Waals surface area contributed by atoms with Gasteiger partial charge >= 0.3 is 10.1 Å². The van der Waals surface area contributed by atoms with Crippen LogP contribution in [0.4, 0.5) is 0 Å². The Balaban J connectivity index is 1.91. The monoisotopic (exact) mass is 455 g/mol. The molecule has 10 heteroatoms. The molecule has 28 heavy (non-hydrogen) atoms. The fraction of sp³-hybridized carbons (Fsp3) is 0.111. The van der Waals surface area contributed by atoms with Gasteiger partial charge in [-0.15, -0.1) is 0 Å². The van der Waals surface area contributed by atoms with Crippen LogP contribution in [0.3, 0.4) is 0 Å². The molecule has 0 radical (unpaired) electrons. The van der Waals surface area contributed by atoms with Crippen LogP contribution in [0.5, 0.6) is 11.5 Å². The molecule has 6 nitrogen and oxygen atoms in total. The highest BCUT2D eigenvalue weighted by atomic mass is 35.5. The molecule has 0 saturated carbocycles. The molecule has 1 saturated heterocycles. The van der Waals surface area contributed by atoms with Gasteiger partial charge < -0.3 is 14.2 Å². The van der Waals surface area contributed by atoms with Crippen molar-refractivity contribution < 1.29 is 22.1 Å². The molecule has 1 aliphatic heterocycles. The Labute approximate surface area is 177 Å². The molecule has 0 aromatic heterocycles. The molecule has 1 amide bonds. The van der Waals surface area contributed by atoms with Crippen molar-refractivity contribution >= 4 is 62.0 Å². The van der Waals surface area contributed by atoms with E-state index in [4.69, 9.17) is 32.7 Å². The molecule has 1 heterocycles. The van der Waals surface area contributed by atoms with E-state index in [9.17, 15) is 13.2 Å². The Bertz CT molecular complexity index is 1070.